The van der Waals surface area contributed by atoms with Crippen LogP contribution in [0.4, 0.5) is 11.4 Å². The topological polar surface area (TPSA) is 67.9 Å². The smallest absolute Gasteiger partial charge is 0.255 e. The van der Waals surface area contributed by atoms with E-state index in [1.165, 1.54) is 6.42 Å². The monoisotopic (exact) mass is 392 g/mol. The third-order valence-corrected chi connectivity index (χ3v) is 6.03. The van der Waals surface area contributed by atoms with Crippen molar-refractivity contribution in [2.45, 2.75) is 51.2 Å². The van der Waals surface area contributed by atoms with E-state index in [9.17, 15) is 9.59 Å². The van der Waals surface area contributed by atoms with Crippen LogP contribution in [0.3, 0.4) is 0 Å². The van der Waals surface area contributed by atoms with Gasteiger partial charge in [-0.3, -0.25) is 9.59 Å². The summed E-state index contributed by atoms with van der Waals surface area (Å²) in [7, 11) is 0. The number of fused-ring (bicyclic) bond motifs is 2. The summed E-state index contributed by atoms with van der Waals surface area (Å²) in [6, 6.07) is 11.0. The van der Waals surface area contributed by atoms with Crippen LogP contribution >= 0.6 is 0 Å². The molecule has 2 amide bonds. The lowest BCUT2D eigenvalue weighted by atomic mass is 9.94. The Kier molecular flexibility index (Phi) is 4.23. The SMILES string of the molecule is CC(=O)N1CCc2cc(C(=O)Nc3ccc4c(c3)OC3(CCCCC3)O4)ccc21. The molecule has 0 radical (unpaired) electrons. The molecule has 0 bridgehead atoms. The molecule has 1 fully saturated rings. The highest BCUT2D eigenvalue weighted by Crippen LogP contribution is 2.46. The average Bonchev–Trinajstić information content (AvgIpc) is 3.28. The van der Waals surface area contributed by atoms with Gasteiger partial charge < -0.3 is 19.7 Å². The van der Waals surface area contributed by atoms with Gasteiger partial charge in [-0.1, -0.05) is 6.42 Å². The number of carbonyl (C=O) groups is 2. The van der Waals surface area contributed by atoms with Crippen LogP contribution in [0, 0.1) is 0 Å². The first kappa shape index (κ1) is 18.0. The number of amides is 2. The van der Waals surface area contributed by atoms with Gasteiger partial charge >= 0.3 is 0 Å². The molecule has 6 heteroatoms. The number of hydrogen-bond acceptors (Lipinski definition) is 4. The zero-order valence-corrected chi connectivity index (χ0v) is 16.5. The number of nitrogens with one attached hydrogen (secondary N) is 1. The molecular formula is C23H24N2O4. The van der Waals surface area contributed by atoms with Crippen LogP contribution in [0.5, 0.6) is 11.5 Å². The lowest BCUT2D eigenvalue weighted by Gasteiger charge is -2.31. The van der Waals surface area contributed by atoms with E-state index in [1.54, 1.807) is 17.9 Å². The molecule has 2 aromatic carbocycles. The van der Waals surface area contributed by atoms with Gasteiger partial charge in [-0.15, -0.1) is 0 Å². The first-order valence-corrected chi connectivity index (χ1v) is 10.3. The number of hydrogen-bond donors (Lipinski definition) is 1. The predicted molar refractivity (Wildman–Crippen MR) is 110 cm³/mol. The maximum Gasteiger partial charge on any atom is 0.255 e. The minimum atomic E-state index is -0.522. The summed E-state index contributed by atoms with van der Waals surface area (Å²) in [4.78, 5) is 26.2. The van der Waals surface area contributed by atoms with Gasteiger partial charge in [0.15, 0.2) is 11.5 Å². The predicted octanol–water partition coefficient (Wildman–Crippen LogP) is 4.28. The maximum atomic E-state index is 12.8. The highest BCUT2D eigenvalue weighted by atomic mass is 16.7. The van der Waals surface area contributed by atoms with E-state index in [0.717, 1.165) is 49.1 Å². The molecule has 2 aliphatic heterocycles. The number of ether oxygens (including phenoxy) is 2. The third kappa shape index (κ3) is 3.22. The molecule has 1 saturated carbocycles. The summed E-state index contributed by atoms with van der Waals surface area (Å²) < 4.78 is 12.2. The van der Waals surface area contributed by atoms with Crippen LogP contribution in [0.25, 0.3) is 0 Å². The number of nitrogens with zero attached hydrogens (tertiary/aromatic N) is 1. The van der Waals surface area contributed by atoms with Gasteiger partial charge in [0.2, 0.25) is 5.91 Å². The van der Waals surface area contributed by atoms with Gasteiger partial charge in [0.25, 0.3) is 11.7 Å². The fourth-order valence-electron chi connectivity index (χ4n) is 4.54. The molecule has 3 aliphatic rings. The quantitative estimate of drug-likeness (QED) is 0.828. The van der Waals surface area contributed by atoms with Crippen LogP contribution in [0.1, 0.15) is 54.9 Å². The third-order valence-electron chi connectivity index (χ3n) is 6.03. The molecule has 150 valence electrons. The summed E-state index contributed by atoms with van der Waals surface area (Å²) >= 11 is 0. The zero-order valence-electron chi connectivity index (χ0n) is 16.5. The van der Waals surface area contributed by atoms with Crippen molar-refractivity contribution in [1.82, 2.24) is 0 Å². The van der Waals surface area contributed by atoms with Gasteiger partial charge in [0.05, 0.1) is 0 Å². The van der Waals surface area contributed by atoms with Crippen molar-refractivity contribution in [3.63, 3.8) is 0 Å². The Bertz CT molecular complexity index is 994. The van der Waals surface area contributed by atoms with Crippen molar-refractivity contribution in [3.8, 4) is 11.5 Å². The average molecular weight is 392 g/mol. The van der Waals surface area contributed by atoms with Crippen LogP contribution < -0.4 is 19.7 Å². The second kappa shape index (κ2) is 6.79. The molecule has 1 aliphatic carbocycles. The molecule has 0 aromatic heterocycles. The van der Waals surface area contributed by atoms with Gasteiger partial charge in [0.1, 0.15) is 0 Å². The van der Waals surface area contributed by atoms with E-state index in [0.29, 0.717) is 23.5 Å². The fraction of sp³-hybridized carbons (Fsp3) is 0.391. The highest BCUT2D eigenvalue weighted by Gasteiger charge is 2.42. The molecule has 2 heterocycles. The molecule has 5 rings (SSSR count). The minimum absolute atomic E-state index is 0.0250. The normalized spacial score (nSPS) is 18.6. The summed E-state index contributed by atoms with van der Waals surface area (Å²) in [6.45, 7) is 2.23. The van der Waals surface area contributed by atoms with Crippen molar-refractivity contribution in [1.29, 1.82) is 0 Å². The molecular weight excluding hydrogens is 368 g/mol. The van der Waals surface area contributed by atoms with Gasteiger partial charge in [-0.25, -0.2) is 0 Å². The Balaban J connectivity index is 1.31. The van der Waals surface area contributed by atoms with Crippen LogP contribution in [0.2, 0.25) is 0 Å². The van der Waals surface area contributed by atoms with Crippen LogP contribution in [-0.2, 0) is 11.2 Å². The molecule has 1 spiro atoms. The molecule has 0 saturated heterocycles. The first-order valence-electron chi connectivity index (χ1n) is 10.3. The largest absolute Gasteiger partial charge is 0.448 e. The summed E-state index contributed by atoms with van der Waals surface area (Å²) in [6.07, 6.45) is 6.00. The van der Waals surface area contributed by atoms with Crippen LogP contribution in [0.15, 0.2) is 36.4 Å². The van der Waals surface area contributed by atoms with E-state index >= 15 is 0 Å². The van der Waals surface area contributed by atoms with Crippen LogP contribution in [-0.4, -0.2) is 24.1 Å². The van der Waals surface area contributed by atoms with Crippen molar-refractivity contribution in [3.05, 3.63) is 47.5 Å². The Hall–Kier alpha value is -3.02. The van der Waals surface area contributed by atoms with Gasteiger partial charge in [0, 0.05) is 49.3 Å². The zero-order chi connectivity index (χ0) is 20.0. The van der Waals surface area contributed by atoms with E-state index in [4.69, 9.17) is 9.47 Å². The standard InChI is InChI=1S/C23H24N2O4/c1-15(26)25-12-9-16-13-17(5-7-19(16)25)22(27)24-18-6-8-20-21(14-18)29-23(28-20)10-3-2-4-11-23/h5-8,13-14H,2-4,9-12H2,1H3,(H,24,27). The van der Waals surface area contributed by atoms with E-state index in [-0.39, 0.29) is 11.8 Å². The Morgan fingerprint density at radius 2 is 1.79 bits per heavy atom. The highest BCUT2D eigenvalue weighted by molar-refractivity contribution is 6.05. The molecule has 0 unspecified atom stereocenters. The first-order chi connectivity index (χ1) is 14.0. The van der Waals surface area contributed by atoms with E-state index in [2.05, 4.69) is 5.32 Å². The number of anilines is 2. The Labute approximate surface area is 169 Å². The van der Waals surface area contributed by atoms with Gasteiger partial charge in [-0.2, -0.15) is 0 Å². The Morgan fingerprint density at radius 3 is 2.59 bits per heavy atom. The van der Waals surface area contributed by atoms with E-state index < -0.39 is 5.79 Å². The summed E-state index contributed by atoms with van der Waals surface area (Å²) in [5.41, 5.74) is 3.18. The van der Waals surface area contributed by atoms with Crippen molar-refractivity contribution in [2.24, 2.45) is 0 Å². The molecule has 1 N–H and O–H groups in total. The lowest BCUT2D eigenvalue weighted by molar-refractivity contribution is -0.116. The minimum Gasteiger partial charge on any atom is -0.448 e. The second-order valence-corrected chi connectivity index (χ2v) is 8.06. The number of rotatable bonds is 2. The van der Waals surface area contributed by atoms with Crippen molar-refractivity contribution in [2.75, 3.05) is 16.8 Å². The molecule has 29 heavy (non-hydrogen) atoms. The van der Waals surface area contributed by atoms with E-state index in [1.807, 2.05) is 30.3 Å². The lowest BCUT2D eigenvalue weighted by Crippen LogP contribution is -2.40. The van der Waals surface area contributed by atoms with Gasteiger partial charge in [-0.05, 0) is 55.2 Å². The fourth-order valence-corrected chi connectivity index (χ4v) is 4.54. The van der Waals surface area contributed by atoms with Crippen molar-refractivity contribution >= 4 is 23.2 Å². The molecule has 6 nitrogen and oxygen atoms in total. The molecule has 2 aromatic rings. The summed E-state index contributed by atoms with van der Waals surface area (Å²) in [5, 5.41) is 2.95. The number of benzene rings is 2. The molecule has 0 atom stereocenters. The second-order valence-electron chi connectivity index (χ2n) is 8.06. The number of carbonyl (C=O) groups excluding carboxylic acids is 2. The Morgan fingerprint density at radius 1 is 1.00 bits per heavy atom. The maximum absolute atomic E-state index is 12.8. The summed E-state index contributed by atoms with van der Waals surface area (Å²) in [5.74, 6) is 0.756. The van der Waals surface area contributed by atoms with Crippen molar-refractivity contribution < 1.29 is 19.1 Å².